The fourth-order valence-electron chi connectivity index (χ4n) is 7.90. The molecule has 0 unspecified atom stereocenters. The maximum Gasteiger partial charge on any atom is 0.337 e. The van der Waals surface area contributed by atoms with Crippen LogP contribution < -0.4 is 15.4 Å². The van der Waals surface area contributed by atoms with E-state index in [0.29, 0.717) is 54.6 Å². The zero-order valence-electron chi connectivity index (χ0n) is 22.1. The summed E-state index contributed by atoms with van der Waals surface area (Å²) in [6, 6.07) is 7.14. The average Bonchev–Trinajstić information content (AvgIpc) is 3.32. The Bertz CT molecular complexity index is 1130. The fraction of sp³-hybridized carbons (Fsp3) is 0.633. The van der Waals surface area contributed by atoms with E-state index >= 15 is 0 Å². The zero-order chi connectivity index (χ0) is 26.1. The molecule has 5 aliphatic carbocycles. The molecular formula is C30H40N4O4. The van der Waals surface area contributed by atoms with Crippen LogP contribution in [0.4, 0.5) is 5.69 Å². The van der Waals surface area contributed by atoms with Crippen molar-refractivity contribution in [2.75, 3.05) is 18.5 Å². The lowest BCUT2D eigenvalue weighted by molar-refractivity contribution is -0.0120. The predicted molar refractivity (Wildman–Crippen MR) is 144 cm³/mol. The summed E-state index contributed by atoms with van der Waals surface area (Å²) in [5, 5.41) is 20.7. The van der Waals surface area contributed by atoms with Crippen molar-refractivity contribution >= 4 is 17.6 Å². The van der Waals surface area contributed by atoms with E-state index in [1.54, 1.807) is 29.1 Å². The number of hydrogen-bond acceptors (Lipinski definition) is 5. The van der Waals surface area contributed by atoms with Crippen LogP contribution in [0.25, 0.3) is 0 Å². The number of ether oxygens (including phenoxy) is 1. The number of benzene rings is 1. The largest absolute Gasteiger partial charge is 0.478 e. The first kappa shape index (κ1) is 25.3. The molecule has 0 radical (unpaired) electrons. The summed E-state index contributed by atoms with van der Waals surface area (Å²) in [6.07, 6.45) is 14.2. The van der Waals surface area contributed by atoms with E-state index < -0.39 is 5.97 Å². The number of nitrogens with zero attached hydrogens (tertiary/aromatic N) is 2. The van der Waals surface area contributed by atoms with E-state index in [0.717, 1.165) is 24.7 Å². The van der Waals surface area contributed by atoms with Crippen molar-refractivity contribution in [3.8, 4) is 5.88 Å². The number of rotatable bonds is 10. The third-order valence-corrected chi connectivity index (χ3v) is 9.54. The number of carboxylic acid groups (broad SMARTS) is 1. The van der Waals surface area contributed by atoms with Gasteiger partial charge in [-0.15, -0.1) is 0 Å². The summed E-state index contributed by atoms with van der Waals surface area (Å²) in [5.41, 5.74) is 1.31. The number of amides is 1. The van der Waals surface area contributed by atoms with Crippen LogP contribution in [0.2, 0.25) is 0 Å². The van der Waals surface area contributed by atoms with E-state index in [-0.39, 0.29) is 17.5 Å². The number of aromatic nitrogens is 2. The molecule has 7 rings (SSSR count). The van der Waals surface area contributed by atoms with Gasteiger partial charge in [-0.05, 0) is 86.7 Å². The van der Waals surface area contributed by atoms with Crippen molar-refractivity contribution in [3.05, 3.63) is 41.6 Å². The van der Waals surface area contributed by atoms with Crippen LogP contribution in [0.15, 0.2) is 30.5 Å². The highest BCUT2D eigenvalue weighted by molar-refractivity contribution is 5.96. The average molecular weight is 521 g/mol. The van der Waals surface area contributed by atoms with Crippen molar-refractivity contribution in [1.82, 2.24) is 15.1 Å². The molecule has 0 spiro atoms. The minimum atomic E-state index is -0.965. The smallest absolute Gasteiger partial charge is 0.337 e. The number of carbonyl (C=O) groups is 2. The van der Waals surface area contributed by atoms with Gasteiger partial charge in [0.1, 0.15) is 5.56 Å². The highest BCUT2D eigenvalue weighted by atomic mass is 16.5. The van der Waals surface area contributed by atoms with Crippen molar-refractivity contribution in [1.29, 1.82) is 0 Å². The highest BCUT2D eigenvalue weighted by Crippen LogP contribution is 2.53. The first-order valence-electron chi connectivity index (χ1n) is 14.6. The van der Waals surface area contributed by atoms with Gasteiger partial charge in [0.25, 0.3) is 5.91 Å². The van der Waals surface area contributed by atoms with Crippen molar-refractivity contribution in [2.45, 2.75) is 76.8 Å². The third-order valence-electron chi connectivity index (χ3n) is 9.54. The van der Waals surface area contributed by atoms with Gasteiger partial charge < -0.3 is 20.5 Å². The second-order valence-corrected chi connectivity index (χ2v) is 12.1. The van der Waals surface area contributed by atoms with Crippen molar-refractivity contribution in [3.63, 3.8) is 0 Å². The molecule has 1 amide bonds. The molecule has 204 valence electrons. The molecule has 2 aromatic rings. The molecular weight excluding hydrogens is 480 g/mol. The van der Waals surface area contributed by atoms with E-state index in [2.05, 4.69) is 15.7 Å². The maximum atomic E-state index is 13.6. The van der Waals surface area contributed by atoms with Gasteiger partial charge in [0.2, 0.25) is 5.88 Å². The number of carbonyl (C=O) groups excluding carboxylic acids is 1. The Morgan fingerprint density at radius 1 is 0.974 bits per heavy atom. The van der Waals surface area contributed by atoms with Crippen LogP contribution in [0.5, 0.6) is 5.88 Å². The highest BCUT2D eigenvalue weighted by Gasteiger charge is 2.48. The summed E-state index contributed by atoms with van der Waals surface area (Å²) in [5.74, 6) is 2.94. The lowest BCUT2D eigenvalue weighted by Gasteiger charge is -2.54. The van der Waals surface area contributed by atoms with Gasteiger partial charge in [0, 0.05) is 18.3 Å². The molecule has 5 saturated carbocycles. The SMILES string of the molecule is O=C(O)c1ccccc1NCCn1ncc(C(=O)NC2C3CC4CC(C3)CC2C4)c1OCC1CCCCC1. The van der Waals surface area contributed by atoms with Crippen LogP contribution in [0, 0.1) is 29.6 Å². The topological polar surface area (TPSA) is 105 Å². The molecule has 38 heavy (non-hydrogen) atoms. The zero-order valence-corrected chi connectivity index (χ0v) is 22.1. The number of anilines is 1. The molecule has 0 atom stereocenters. The van der Waals surface area contributed by atoms with Gasteiger partial charge in [-0.3, -0.25) is 4.79 Å². The molecule has 1 aromatic heterocycles. The number of carboxylic acids is 1. The number of aromatic carboxylic acids is 1. The second-order valence-electron chi connectivity index (χ2n) is 12.1. The number of para-hydroxylation sites is 1. The quantitative estimate of drug-likeness (QED) is 0.397. The van der Waals surface area contributed by atoms with Gasteiger partial charge in [-0.25, -0.2) is 9.48 Å². The van der Waals surface area contributed by atoms with Gasteiger partial charge in [0.15, 0.2) is 0 Å². The van der Waals surface area contributed by atoms with E-state index in [1.807, 2.05) is 6.07 Å². The maximum absolute atomic E-state index is 13.6. The van der Waals surface area contributed by atoms with Crippen molar-refractivity contribution < 1.29 is 19.4 Å². The van der Waals surface area contributed by atoms with Crippen LogP contribution in [-0.4, -0.2) is 46.0 Å². The molecule has 8 nitrogen and oxygen atoms in total. The molecule has 1 aromatic carbocycles. The standard InChI is InChI=1S/C30H40N4O4/c35-28(33-27-22-13-20-12-21(15-22)16-23(27)14-20)25-17-32-34(29(25)38-18-19-6-2-1-3-7-19)11-10-31-26-9-5-4-8-24(26)30(36)37/h4-5,8-9,17,19-23,27,31H,1-3,6-7,10-16,18H2,(H,33,35)(H,36,37). The lowest BCUT2D eigenvalue weighted by Crippen LogP contribution is -2.55. The fourth-order valence-corrected chi connectivity index (χ4v) is 7.90. The van der Waals surface area contributed by atoms with Crippen LogP contribution in [0.3, 0.4) is 0 Å². The second kappa shape index (κ2) is 11.0. The van der Waals surface area contributed by atoms with E-state index in [1.165, 1.54) is 51.4 Å². The number of nitrogens with one attached hydrogen (secondary N) is 2. The minimum Gasteiger partial charge on any atom is -0.478 e. The van der Waals surface area contributed by atoms with Crippen LogP contribution in [0.1, 0.15) is 84.9 Å². The molecule has 5 aliphatic rings. The summed E-state index contributed by atoms with van der Waals surface area (Å²) in [7, 11) is 0. The Kier molecular flexibility index (Phi) is 7.30. The Morgan fingerprint density at radius 3 is 2.39 bits per heavy atom. The third kappa shape index (κ3) is 5.27. The van der Waals surface area contributed by atoms with Gasteiger partial charge in [0.05, 0.1) is 24.9 Å². The minimum absolute atomic E-state index is 0.0726. The Hall–Kier alpha value is -3.03. The predicted octanol–water partition coefficient (Wildman–Crippen LogP) is 5.21. The molecule has 0 saturated heterocycles. The van der Waals surface area contributed by atoms with E-state index in [9.17, 15) is 14.7 Å². The Morgan fingerprint density at radius 2 is 1.68 bits per heavy atom. The lowest BCUT2D eigenvalue weighted by atomic mass is 9.54. The first-order valence-corrected chi connectivity index (χ1v) is 14.6. The molecule has 1 heterocycles. The summed E-state index contributed by atoms with van der Waals surface area (Å²) in [4.78, 5) is 25.2. The molecule has 3 N–H and O–H groups in total. The van der Waals surface area contributed by atoms with Crippen LogP contribution in [-0.2, 0) is 6.54 Å². The van der Waals surface area contributed by atoms with Crippen molar-refractivity contribution in [2.24, 2.45) is 29.6 Å². The molecule has 8 heteroatoms. The summed E-state index contributed by atoms with van der Waals surface area (Å²) < 4.78 is 8.11. The molecule has 0 aliphatic heterocycles. The van der Waals surface area contributed by atoms with Gasteiger partial charge in [-0.1, -0.05) is 31.4 Å². The molecule has 5 fully saturated rings. The summed E-state index contributed by atoms with van der Waals surface area (Å²) >= 11 is 0. The Labute approximate surface area is 224 Å². The summed E-state index contributed by atoms with van der Waals surface area (Å²) in [6.45, 7) is 1.51. The van der Waals surface area contributed by atoms with E-state index in [4.69, 9.17) is 4.74 Å². The van der Waals surface area contributed by atoms with Gasteiger partial charge >= 0.3 is 5.97 Å². The Balaban J connectivity index is 1.16. The number of hydrogen-bond donors (Lipinski definition) is 3. The van der Waals surface area contributed by atoms with Gasteiger partial charge in [-0.2, -0.15) is 5.10 Å². The van der Waals surface area contributed by atoms with Crippen LogP contribution >= 0.6 is 0 Å². The first-order chi connectivity index (χ1) is 18.5. The normalized spacial score (nSPS) is 28.3. The monoisotopic (exact) mass is 520 g/mol. The molecule has 4 bridgehead atoms.